The molecule has 1 unspecified atom stereocenters. The van der Waals surface area contributed by atoms with Gasteiger partial charge in [0.05, 0.1) is 5.69 Å². The molecule has 0 aliphatic carbocycles. The van der Waals surface area contributed by atoms with Gasteiger partial charge in [-0.1, -0.05) is 0 Å². The highest BCUT2D eigenvalue weighted by Crippen LogP contribution is 2.39. The summed E-state index contributed by atoms with van der Waals surface area (Å²) in [5, 5.41) is 6.03. The van der Waals surface area contributed by atoms with Gasteiger partial charge in [-0.05, 0) is 55.1 Å². The minimum Gasteiger partial charge on any atom is -0.369 e. The summed E-state index contributed by atoms with van der Waals surface area (Å²) in [7, 11) is 3.98. The van der Waals surface area contributed by atoms with Crippen LogP contribution < -0.4 is 15.5 Å². The summed E-state index contributed by atoms with van der Waals surface area (Å²) < 4.78 is 1.06. The molecule has 2 aliphatic heterocycles. The Morgan fingerprint density at radius 1 is 1.29 bits per heavy atom. The van der Waals surface area contributed by atoms with Crippen LogP contribution in [0.25, 0.3) is 0 Å². The lowest BCUT2D eigenvalue weighted by Crippen LogP contribution is -2.29. The molecule has 2 aliphatic rings. The predicted molar refractivity (Wildman–Crippen MR) is 88.9 cm³/mol. The van der Waals surface area contributed by atoms with Crippen molar-refractivity contribution in [3.63, 3.8) is 0 Å². The SMILES string of the molecule is CNC1C(=O)Nc2cc(N3CCCN(C)CC3)c(Br)cc21. The third-order valence-corrected chi connectivity index (χ3v) is 4.93. The van der Waals surface area contributed by atoms with Crippen LogP contribution in [0.1, 0.15) is 18.0 Å². The van der Waals surface area contributed by atoms with Crippen molar-refractivity contribution in [3.05, 3.63) is 22.2 Å². The Morgan fingerprint density at radius 3 is 2.86 bits per heavy atom. The molecule has 2 heterocycles. The van der Waals surface area contributed by atoms with E-state index in [9.17, 15) is 4.79 Å². The van der Waals surface area contributed by atoms with Gasteiger partial charge in [0.15, 0.2) is 0 Å². The van der Waals surface area contributed by atoms with E-state index in [-0.39, 0.29) is 11.9 Å². The third kappa shape index (κ3) is 2.80. The molecule has 5 nitrogen and oxygen atoms in total. The molecule has 1 fully saturated rings. The first-order valence-electron chi connectivity index (χ1n) is 7.35. The smallest absolute Gasteiger partial charge is 0.246 e. The van der Waals surface area contributed by atoms with Gasteiger partial charge >= 0.3 is 0 Å². The lowest BCUT2D eigenvalue weighted by atomic mass is 10.1. The van der Waals surface area contributed by atoms with E-state index in [1.54, 1.807) is 0 Å². The van der Waals surface area contributed by atoms with Crippen molar-refractivity contribution < 1.29 is 4.79 Å². The van der Waals surface area contributed by atoms with Crippen molar-refractivity contribution in [3.8, 4) is 0 Å². The first-order chi connectivity index (χ1) is 10.1. The van der Waals surface area contributed by atoms with E-state index >= 15 is 0 Å². The Hall–Kier alpha value is -1.11. The average molecular weight is 353 g/mol. The average Bonchev–Trinajstić information content (AvgIpc) is 2.61. The topological polar surface area (TPSA) is 47.6 Å². The summed E-state index contributed by atoms with van der Waals surface area (Å²) in [5.74, 6) is 0.0205. The lowest BCUT2D eigenvalue weighted by Gasteiger charge is -2.25. The van der Waals surface area contributed by atoms with E-state index < -0.39 is 0 Å². The minimum absolute atomic E-state index is 0.0205. The Bertz CT molecular complexity index is 563. The number of hydrogen-bond acceptors (Lipinski definition) is 4. The number of anilines is 2. The van der Waals surface area contributed by atoms with Gasteiger partial charge < -0.3 is 20.4 Å². The van der Waals surface area contributed by atoms with E-state index in [4.69, 9.17) is 0 Å². The number of halogens is 1. The monoisotopic (exact) mass is 352 g/mol. The maximum atomic E-state index is 11.9. The molecule has 114 valence electrons. The molecule has 6 heteroatoms. The first-order valence-corrected chi connectivity index (χ1v) is 8.14. The number of benzene rings is 1. The van der Waals surface area contributed by atoms with Crippen molar-refractivity contribution in [1.29, 1.82) is 0 Å². The van der Waals surface area contributed by atoms with Crippen LogP contribution >= 0.6 is 15.9 Å². The Labute approximate surface area is 133 Å². The van der Waals surface area contributed by atoms with E-state index in [1.807, 2.05) is 7.05 Å². The van der Waals surface area contributed by atoms with Crippen LogP contribution in [0.15, 0.2) is 16.6 Å². The van der Waals surface area contributed by atoms with Gasteiger partial charge in [0.2, 0.25) is 5.91 Å². The maximum absolute atomic E-state index is 11.9. The van der Waals surface area contributed by atoms with Crippen LogP contribution in [0.4, 0.5) is 11.4 Å². The van der Waals surface area contributed by atoms with Crippen LogP contribution in [0.5, 0.6) is 0 Å². The first kappa shape index (κ1) is 14.8. The number of carbonyl (C=O) groups is 1. The van der Waals surface area contributed by atoms with E-state index in [0.717, 1.165) is 48.3 Å². The highest BCUT2D eigenvalue weighted by atomic mass is 79.9. The van der Waals surface area contributed by atoms with Crippen molar-refractivity contribution in [1.82, 2.24) is 10.2 Å². The highest BCUT2D eigenvalue weighted by Gasteiger charge is 2.30. The second-order valence-corrected chi connectivity index (χ2v) is 6.60. The van der Waals surface area contributed by atoms with E-state index in [0.29, 0.717) is 0 Å². The summed E-state index contributed by atoms with van der Waals surface area (Å²) in [6.45, 7) is 4.26. The molecule has 0 aromatic heterocycles. The molecule has 0 bridgehead atoms. The fourth-order valence-corrected chi connectivity index (χ4v) is 3.70. The number of rotatable bonds is 2. The molecule has 1 atom stereocenters. The number of amides is 1. The third-order valence-electron chi connectivity index (χ3n) is 4.30. The summed E-state index contributed by atoms with van der Waals surface area (Å²) in [6, 6.07) is 3.92. The standard InChI is InChI=1S/C15H21BrN4O/c1-17-14-10-8-11(16)13(9-12(10)18-15(14)21)20-5-3-4-19(2)6-7-20/h8-9,14,17H,3-7H2,1-2H3,(H,18,21). The molecule has 1 amide bonds. The van der Waals surface area contributed by atoms with Crippen molar-refractivity contribution in [2.24, 2.45) is 0 Å². The molecule has 3 rings (SSSR count). The van der Waals surface area contributed by atoms with E-state index in [2.05, 4.69) is 55.5 Å². The molecular formula is C15H21BrN4O. The zero-order chi connectivity index (χ0) is 15.0. The Kier molecular flexibility index (Phi) is 4.19. The van der Waals surface area contributed by atoms with Gasteiger partial charge in [0.25, 0.3) is 0 Å². The molecular weight excluding hydrogens is 332 g/mol. The fraction of sp³-hybridized carbons (Fsp3) is 0.533. The minimum atomic E-state index is -0.249. The second-order valence-electron chi connectivity index (χ2n) is 5.75. The number of hydrogen-bond donors (Lipinski definition) is 2. The lowest BCUT2D eigenvalue weighted by molar-refractivity contribution is -0.117. The summed E-state index contributed by atoms with van der Waals surface area (Å²) in [4.78, 5) is 16.7. The Balaban J connectivity index is 1.91. The van der Waals surface area contributed by atoms with Gasteiger partial charge in [-0.2, -0.15) is 0 Å². The van der Waals surface area contributed by atoms with Crippen LogP contribution in [0.2, 0.25) is 0 Å². The molecule has 1 aromatic carbocycles. The number of carbonyl (C=O) groups excluding carboxylic acids is 1. The molecule has 21 heavy (non-hydrogen) atoms. The van der Waals surface area contributed by atoms with Gasteiger partial charge in [0.1, 0.15) is 6.04 Å². The molecule has 0 spiro atoms. The van der Waals surface area contributed by atoms with Gasteiger partial charge in [-0.15, -0.1) is 0 Å². The van der Waals surface area contributed by atoms with Crippen molar-refractivity contribution in [2.75, 3.05) is 50.5 Å². The van der Waals surface area contributed by atoms with Gasteiger partial charge in [-0.3, -0.25) is 4.79 Å². The van der Waals surface area contributed by atoms with Gasteiger partial charge in [-0.25, -0.2) is 0 Å². The number of fused-ring (bicyclic) bond motifs is 1. The second kappa shape index (κ2) is 5.94. The summed E-state index contributed by atoms with van der Waals surface area (Å²) in [6.07, 6.45) is 1.16. The molecule has 0 radical (unpaired) electrons. The molecule has 1 saturated heterocycles. The summed E-state index contributed by atoms with van der Waals surface area (Å²) >= 11 is 3.68. The van der Waals surface area contributed by atoms with Crippen molar-refractivity contribution in [2.45, 2.75) is 12.5 Å². The van der Waals surface area contributed by atoms with Crippen LogP contribution in [-0.2, 0) is 4.79 Å². The van der Waals surface area contributed by atoms with Crippen LogP contribution in [0, 0.1) is 0 Å². The predicted octanol–water partition coefficient (Wildman–Crippen LogP) is 1.80. The zero-order valence-corrected chi connectivity index (χ0v) is 14.0. The number of nitrogens with one attached hydrogen (secondary N) is 2. The largest absolute Gasteiger partial charge is 0.369 e. The maximum Gasteiger partial charge on any atom is 0.246 e. The zero-order valence-electron chi connectivity index (χ0n) is 12.4. The highest BCUT2D eigenvalue weighted by molar-refractivity contribution is 9.10. The van der Waals surface area contributed by atoms with Gasteiger partial charge in [0, 0.05) is 35.4 Å². The number of likely N-dealkylation sites (N-methyl/N-ethyl adjacent to an activating group) is 2. The van der Waals surface area contributed by atoms with Crippen LogP contribution in [-0.4, -0.2) is 51.1 Å². The molecule has 2 N–H and O–H groups in total. The fourth-order valence-electron chi connectivity index (χ4n) is 3.09. The number of nitrogens with zero attached hydrogens (tertiary/aromatic N) is 2. The van der Waals surface area contributed by atoms with Crippen LogP contribution in [0.3, 0.4) is 0 Å². The normalized spacial score (nSPS) is 22.9. The Morgan fingerprint density at radius 2 is 2.10 bits per heavy atom. The van der Waals surface area contributed by atoms with E-state index in [1.165, 1.54) is 5.69 Å². The molecule has 1 aromatic rings. The summed E-state index contributed by atoms with van der Waals surface area (Å²) in [5.41, 5.74) is 3.11. The molecule has 0 saturated carbocycles. The quantitative estimate of drug-likeness (QED) is 0.851. The van der Waals surface area contributed by atoms with Crippen molar-refractivity contribution >= 4 is 33.2 Å².